The number of halogens is 1. The Hall–Kier alpha value is -0.470. The summed E-state index contributed by atoms with van der Waals surface area (Å²) in [7, 11) is 0. The highest BCUT2D eigenvalue weighted by molar-refractivity contribution is 9.10. The Bertz CT molecular complexity index is 705. The van der Waals surface area contributed by atoms with Crippen LogP contribution in [-0.4, -0.2) is 9.48 Å². The highest BCUT2D eigenvalue weighted by atomic mass is 79.9. The van der Waals surface area contributed by atoms with E-state index in [-0.39, 0.29) is 0 Å². The van der Waals surface area contributed by atoms with Crippen LogP contribution in [0.25, 0.3) is 10.2 Å². The van der Waals surface area contributed by atoms with Gasteiger partial charge in [0.15, 0.2) is 0 Å². The van der Waals surface area contributed by atoms with Gasteiger partial charge in [-0.15, -0.1) is 22.7 Å². The van der Waals surface area contributed by atoms with Crippen LogP contribution in [0.3, 0.4) is 0 Å². The van der Waals surface area contributed by atoms with Gasteiger partial charge in [-0.05, 0) is 45.3 Å². The first-order valence-electron chi connectivity index (χ1n) is 6.22. The maximum Gasteiger partial charge on any atom is 0.127 e. The smallest absolute Gasteiger partial charge is 0.127 e. The fraction of sp³-hybridized carbons (Fsp3) is 0.308. The molecule has 0 bridgehead atoms. The van der Waals surface area contributed by atoms with E-state index in [0.29, 0.717) is 6.42 Å². The predicted octanol–water partition coefficient (Wildman–Crippen LogP) is 5.24. The Morgan fingerprint density at radius 1 is 1.50 bits per heavy atom. The Morgan fingerprint density at radius 2 is 2.35 bits per heavy atom. The van der Waals surface area contributed by atoms with Gasteiger partial charge in [0.25, 0.3) is 0 Å². The molecule has 0 fully saturated rings. The van der Waals surface area contributed by atoms with Gasteiger partial charge in [0, 0.05) is 4.88 Å². The normalized spacial score (nSPS) is 12.9. The molecule has 7 heteroatoms. The van der Waals surface area contributed by atoms with Crippen molar-refractivity contribution in [2.45, 2.75) is 26.0 Å². The van der Waals surface area contributed by atoms with E-state index in [9.17, 15) is 5.11 Å². The Kier molecular flexibility index (Phi) is 4.42. The number of fused-ring (bicyclic) bond motifs is 1. The largest absolute Gasteiger partial charge is 0.388 e. The van der Waals surface area contributed by atoms with Gasteiger partial charge < -0.3 is 10.4 Å². The number of thiophene rings is 2. The van der Waals surface area contributed by atoms with Gasteiger partial charge in [0.05, 0.1) is 26.7 Å². The molecule has 3 heterocycles. The van der Waals surface area contributed by atoms with Crippen molar-refractivity contribution in [2.75, 3.05) is 5.32 Å². The molecular formula is C13H13BrN2OS3. The number of anilines is 1. The highest BCUT2D eigenvalue weighted by Crippen LogP contribution is 2.44. The van der Waals surface area contributed by atoms with E-state index in [1.54, 1.807) is 22.7 Å². The first kappa shape index (κ1) is 14.5. The first-order valence-corrected chi connectivity index (χ1v) is 9.48. The Balaban J connectivity index is 1.88. The molecule has 0 saturated carbocycles. The number of aliphatic hydroxyl groups is 1. The van der Waals surface area contributed by atoms with E-state index < -0.39 is 6.10 Å². The SMILES string of the molecule is CCC(O)c1sc2c(NCc3cccs3)snc2c1Br. The quantitative estimate of drug-likeness (QED) is 0.628. The van der Waals surface area contributed by atoms with Crippen molar-refractivity contribution in [3.05, 3.63) is 31.7 Å². The zero-order valence-corrected chi connectivity index (χ0v) is 14.8. The van der Waals surface area contributed by atoms with E-state index in [2.05, 4.69) is 43.1 Å². The van der Waals surface area contributed by atoms with Gasteiger partial charge in [0.1, 0.15) is 10.5 Å². The lowest BCUT2D eigenvalue weighted by molar-refractivity contribution is 0.177. The second kappa shape index (κ2) is 6.11. The van der Waals surface area contributed by atoms with Crippen LogP contribution >= 0.6 is 50.1 Å². The van der Waals surface area contributed by atoms with Gasteiger partial charge in [-0.3, -0.25) is 0 Å². The summed E-state index contributed by atoms with van der Waals surface area (Å²) in [4.78, 5) is 2.27. The molecule has 0 amide bonds. The molecule has 3 nitrogen and oxygen atoms in total. The lowest BCUT2D eigenvalue weighted by Gasteiger charge is -2.04. The third kappa shape index (κ3) is 2.65. The summed E-state index contributed by atoms with van der Waals surface area (Å²) in [5, 5.41) is 16.6. The molecule has 1 atom stereocenters. The molecule has 0 saturated heterocycles. The molecule has 0 radical (unpaired) electrons. The molecule has 3 aromatic rings. The summed E-state index contributed by atoms with van der Waals surface area (Å²) >= 11 is 8.40. The third-order valence-electron chi connectivity index (χ3n) is 2.98. The standard InChI is InChI=1S/C13H13BrN2OS3/c1-2-8(17)11-9(14)10-12(19-11)13(20-16-10)15-6-7-4-3-5-18-7/h3-5,8,15,17H,2,6H2,1H3. The minimum atomic E-state index is -0.418. The van der Waals surface area contributed by atoms with Crippen molar-refractivity contribution < 1.29 is 5.11 Å². The van der Waals surface area contributed by atoms with Crippen molar-refractivity contribution >= 4 is 65.4 Å². The van der Waals surface area contributed by atoms with Gasteiger partial charge in [-0.25, -0.2) is 0 Å². The second-order valence-corrected chi connectivity index (χ2v) is 7.98. The van der Waals surface area contributed by atoms with E-state index in [0.717, 1.165) is 31.1 Å². The van der Waals surface area contributed by atoms with E-state index >= 15 is 0 Å². The molecule has 0 aliphatic carbocycles. The van der Waals surface area contributed by atoms with Gasteiger partial charge in [0.2, 0.25) is 0 Å². The summed E-state index contributed by atoms with van der Waals surface area (Å²) in [6.45, 7) is 2.80. The highest BCUT2D eigenvalue weighted by Gasteiger charge is 2.20. The molecule has 0 aliphatic rings. The van der Waals surface area contributed by atoms with Crippen molar-refractivity contribution in [1.29, 1.82) is 0 Å². The fourth-order valence-corrected chi connectivity index (χ4v) is 5.66. The van der Waals surface area contributed by atoms with Crippen LogP contribution in [0.5, 0.6) is 0 Å². The van der Waals surface area contributed by atoms with E-state index in [1.807, 2.05) is 6.92 Å². The van der Waals surface area contributed by atoms with Crippen LogP contribution in [0, 0.1) is 0 Å². The average Bonchev–Trinajstić information content (AvgIpc) is 3.15. The van der Waals surface area contributed by atoms with Crippen molar-refractivity contribution in [2.24, 2.45) is 0 Å². The summed E-state index contributed by atoms with van der Waals surface area (Å²) in [5.74, 6) is 0. The molecule has 3 rings (SSSR count). The number of nitrogens with one attached hydrogen (secondary N) is 1. The van der Waals surface area contributed by atoms with Gasteiger partial charge >= 0.3 is 0 Å². The van der Waals surface area contributed by atoms with Crippen LogP contribution in [0.1, 0.15) is 29.2 Å². The summed E-state index contributed by atoms with van der Waals surface area (Å²) < 4.78 is 6.55. The molecule has 106 valence electrons. The van der Waals surface area contributed by atoms with Crippen molar-refractivity contribution in [1.82, 2.24) is 4.37 Å². The van der Waals surface area contributed by atoms with Crippen molar-refractivity contribution in [3.63, 3.8) is 0 Å². The Labute approximate surface area is 137 Å². The molecule has 3 aromatic heterocycles. The van der Waals surface area contributed by atoms with Gasteiger partial charge in [-0.2, -0.15) is 4.37 Å². The molecule has 0 spiro atoms. The molecule has 0 aliphatic heterocycles. The third-order valence-corrected chi connectivity index (χ3v) is 7.15. The molecular weight excluding hydrogens is 376 g/mol. The topological polar surface area (TPSA) is 45.1 Å². The zero-order chi connectivity index (χ0) is 14.1. The number of aromatic nitrogens is 1. The number of rotatable bonds is 5. The summed E-state index contributed by atoms with van der Waals surface area (Å²) in [6.07, 6.45) is 0.294. The molecule has 20 heavy (non-hydrogen) atoms. The second-order valence-electron chi connectivity index (χ2n) is 4.33. The van der Waals surface area contributed by atoms with Crippen LogP contribution in [-0.2, 0) is 6.54 Å². The monoisotopic (exact) mass is 388 g/mol. The minimum Gasteiger partial charge on any atom is -0.388 e. The van der Waals surface area contributed by atoms with Crippen LogP contribution in [0.4, 0.5) is 5.00 Å². The van der Waals surface area contributed by atoms with Gasteiger partial charge in [-0.1, -0.05) is 13.0 Å². The predicted molar refractivity (Wildman–Crippen MR) is 92.1 cm³/mol. The zero-order valence-electron chi connectivity index (χ0n) is 10.7. The van der Waals surface area contributed by atoms with E-state index in [1.165, 1.54) is 16.4 Å². The van der Waals surface area contributed by atoms with Crippen LogP contribution in [0.15, 0.2) is 22.0 Å². The first-order chi connectivity index (χ1) is 9.70. The molecule has 0 aromatic carbocycles. The molecule has 2 N–H and O–H groups in total. The number of nitrogens with zero attached hydrogens (tertiary/aromatic N) is 1. The summed E-state index contributed by atoms with van der Waals surface area (Å²) in [6, 6.07) is 4.17. The summed E-state index contributed by atoms with van der Waals surface area (Å²) in [5.41, 5.74) is 0.955. The van der Waals surface area contributed by atoms with Crippen LogP contribution < -0.4 is 5.32 Å². The maximum absolute atomic E-state index is 10.0. The number of hydrogen-bond donors (Lipinski definition) is 2. The number of hydrogen-bond acceptors (Lipinski definition) is 6. The maximum atomic E-state index is 10.0. The van der Waals surface area contributed by atoms with E-state index in [4.69, 9.17) is 0 Å². The number of aliphatic hydroxyl groups excluding tert-OH is 1. The minimum absolute atomic E-state index is 0.418. The Morgan fingerprint density at radius 3 is 3.05 bits per heavy atom. The van der Waals surface area contributed by atoms with Crippen LogP contribution in [0.2, 0.25) is 0 Å². The fourth-order valence-electron chi connectivity index (χ4n) is 1.88. The average molecular weight is 389 g/mol. The lowest BCUT2D eigenvalue weighted by atomic mass is 10.2. The lowest BCUT2D eigenvalue weighted by Crippen LogP contribution is -1.94. The molecule has 1 unspecified atom stereocenters. The van der Waals surface area contributed by atoms with Crippen molar-refractivity contribution in [3.8, 4) is 0 Å².